The highest BCUT2D eigenvalue weighted by molar-refractivity contribution is 6.31. The number of halogens is 2. The zero-order valence-electron chi connectivity index (χ0n) is 13.9. The van der Waals surface area contributed by atoms with Crippen LogP contribution in [0.2, 0.25) is 5.02 Å². The molecule has 0 amide bonds. The first-order chi connectivity index (χ1) is 11.2. The van der Waals surface area contributed by atoms with Gasteiger partial charge in [0.05, 0.1) is 6.04 Å². The number of piperazine rings is 1. The molecular weight excluding hydrogens is 313 g/mol. The Labute approximate surface area is 143 Å². The second-order valence-corrected chi connectivity index (χ2v) is 7.12. The smallest absolute Gasteiger partial charge is 0.129 e. The second-order valence-electron chi connectivity index (χ2n) is 6.71. The van der Waals surface area contributed by atoms with Crippen LogP contribution in [0.4, 0.5) is 4.39 Å². The molecule has 3 nitrogen and oxygen atoms in total. The molecule has 128 valence electrons. The molecule has 0 spiro atoms. The quantitative estimate of drug-likeness (QED) is 0.888. The zero-order valence-corrected chi connectivity index (χ0v) is 14.7. The first-order valence-corrected chi connectivity index (χ1v) is 9.20. The molecule has 1 N–H and O–H groups in total. The molecule has 2 unspecified atom stereocenters. The molecule has 2 saturated heterocycles. The normalized spacial score (nSPS) is 24.9. The molecule has 2 atom stereocenters. The Balaban J connectivity index is 1.86. The van der Waals surface area contributed by atoms with E-state index in [2.05, 4.69) is 22.0 Å². The molecule has 1 aromatic carbocycles. The van der Waals surface area contributed by atoms with E-state index >= 15 is 0 Å². The lowest BCUT2D eigenvalue weighted by Gasteiger charge is -2.40. The predicted octanol–water partition coefficient (Wildman–Crippen LogP) is 3.30. The molecule has 2 heterocycles. The molecule has 0 radical (unpaired) electrons. The number of nitrogens with zero attached hydrogens (tertiary/aromatic N) is 2. The molecule has 0 aromatic heterocycles. The summed E-state index contributed by atoms with van der Waals surface area (Å²) >= 11 is 6.40. The van der Waals surface area contributed by atoms with E-state index in [1.54, 1.807) is 6.07 Å². The van der Waals surface area contributed by atoms with Crippen LogP contribution in [0.25, 0.3) is 0 Å². The summed E-state index contributed by atoms with van der Waals surface area (Å²) in [6, 6.07) is 5.57. The fourth-order valence-corrected chi connectivity index (χ4v) is 4.12. The Hall–Kier alpha value is -0.680. The van der Waals surface area contributed by atoms with Gasteiger partial charge in [-0.3, -0.25) is 4.90 Å². The van der Waals surface area contributed by atoms with Crippen LogP contribution in [-0.4, -0.2) is 55.1 Å². The molecular formula is C18H27ClFN3. The fourth-order valence-electron chi connectivity index (χ4n) is 3.84. The summed E-state index contributed by atoms with van der Waals surface area (Å²) in [6.07, 6.45) is 3.59. The van der Waals surface area contributed by atoms with Crippen LogP contribution in [-0.2, 0) is 0 Å². The number of rotatable bonds is 5. The Morgan fingerprint density at radius 2 is 2.09 bits per heavy atom. The third-order valence-electron chi connectivity index (χ3n) is 5.18. The average molecular weight is 340 g/mol. The van der Waals surface area contributed by atoms with Gasteiger partial charge in [-0.2, -0.15) is 0 Å². The van der Waals surface area contributed by atoms with Crippen molar-refractivity contribution in [1.29, 1.82) is 0 Å². The monoisotopic (exact) mass is 339 g/mol. The van der Waals surface area contributed by atoms with Gasteiger partial charge in [0.15, 0.2) is 0 Å². The SMILES string of the molecule is CCC1CN(C(CN2CCCC2)c2c(F)cccc2Cl)CCN1. The second kappa shape index (κ2) is 7.93. The van der Waals surface area contributed by atoms with Crippen LogP contribution in [0, 0.1) is 5.82 Å². The van der Waals surface area contributed by atoms with Crippen LogP contribution in [0.5, 0.6) is 0 Å². The summed E-state index contributed by atoms with van der Waals surface area (Å²) in [4.78, 5) is 4.88. The Morgan fingerprint density at radius 3 is 2.78 bits per heavy atom. The highest BCUT2D eigenvalue weighted by Crippen LogP contribution is 2.32. The Bertz CT molecular complexity index is 499. The average Bonchev–Trinajstić information content (AvgIpc) is 3.07. The number of hydrogen-bond donors (Lipinski definition) is 1. The van der Waals surface area contributed by atoms with E-state index < -0.39 is 0 Å². The zero-order chi connectivity index (χ0) is 16.2. The summed E-state index contributed by atoms with van der Waals surface area (Å²) in [7, 11) is 0. The van der Waals surface area contributed by atoms with E-state index in [0.717, 1.165) is 45.7 Å². The summed E-state index contributed by atoms with van der Waals surface area (Å²) in [6.45, 7) is 8.17. The lowest BCUT2D eigenvalue weighted by Crippen LogP contribution is -2.53. The van der Waals surface area contributed by atoms with E-state index in [4.69, 9.17) is 11.6 Å². The molecule has 5 heteroatoms. The minimum absolute atomic E-state index is 0.0398. The van der Waals surface area contributed by atoms with Crippen LogP contribution in [0.15, 0.2) is 18.2 Å². The first kappa shape index (κ1) is 17.2. The molecule has 2 aliphatic rings. The standard InChI is InChI=1S/C18H27ClFN3/c1-2-14-12-23(11-8-21-14)17(13-22-9-3-4-10-22)18-15(19)6-5-7-16(18)20/h5-7,14,17,21H,2-4,8-13H2,1H3. The van der Waals surface area contributed by atoms with Crippen LogP contribution in [0.3, 0.4) is 0 Å². The van der Waals surface area contributed by atoms with Gasteiger partial charge in [0.1, 0.15) is 5.82 Å². The predicted molar refractivity (Wildman–Crippen MR) is 93.5 cm³/mol. The third kappa shape index (κ3) is 4.05. The van der Waals surface area contributed by atoms with Gasteiger partial charge in [0.2, 0.25) is 0 Å². The van der Waals surface area contributed by atoms with Crippen molar-refractivity contribution in [1.82, 2.24) is 15.1 Å². The minimum Gasteiger partial charge on any atom is -0.311 e. The Kier molecular flexibility index (Phi) is 5.91. The molecule has 0 saturated carbocycles. The van der Waals surface area contributed by atoms with Crippen molar-refractivity contribution in [2.45, 2.75) is 38.3 Å². The molecule has 1 aromatic rings. The van der Waals surface area contributed by atoms with E-state index in [1.165, 1.54) is 18.9 Å². The molecule has 23 heavy (non-hydrogen) atoms. The topological polar surface area (TPSA) is 18.5 Å². The van der Waals surface area contributed by atoms with Crippen molar-refractivity contribution in [3.63, 3.8) is 0 Å². The van der Waals surface area contributed by atoms with Gasteiger partial charge in [0, 0.05) is 42.8 Å². The van der Waals surface area contributed by atoms with Crippen LogP contribution >= 0.6 is 11.6 Å². The van der Waals surface area contributed by atoms with E-state index in [1.807, 2.05) is 6.07 Å². The first-order valence-electron chi connectivity index (χ1n) is 8.82. The third-order valence-corrected chi connectivity index (χ3v) is 5.51. The van der Waals surface area contributed by atoms with E-state index in [9.17, 15) is 4.39 Å². The number of hydrogen-bond acceptors (Lipinski definition) is 3. The van der Waals surface area contributed by atoms with Gasteiger partial charge < -0.3 is 10.2 Å². The summed E-state index contributed by atoms with van der Waals surface area (Å²) in [5, 5.41) is 4.10. The maximum absolute atomic E-state index is 14.6. The van der Waals surface area contributed by atoms with Crippen molar-refractivity contribution >= 4 is 11.6 Å². The van der Waals surface area contributed by atoms with Gasteiger partial charge >= 0.3 is 0 Å². The van der Waals surface area contributed by atoms with Crippen molar-refractivity contribution in [3.8, 4) is 0 Å². The van der Waals surface area contributed by atoms with E-state index in [-0.39, 0.29) is 11.9 Å². The van der Waals surface area contributed by atoms with Crippen molar-refractivity contribution < 1.29 is 4.39 Å². The van der Waals surface area contributed by atoms with Gasteiger partial charge in [-0.15, -0.1) is 0 Å². The van der Waals surface area contributed by atoms with Crippen LogP contribution in [0.1, 0.15) is 37.8 Å². The molecule has 0 aliphatic carbocycles. The van der Waals surface area contributed by atoms with Crippen molar-refractivity contribution in [3.05, 3.63) is 34.6 Å². The minimum atomic E-state index is -0.173. The van der Waals surface area contributed by atoms with Crippen molar-refractivity contribution in [2.75, 3.05) is 39.3 Å². The molecule has 3 rings (SSSR count). The summed E-state index contributed by atoms with van der Waals surface area (Å²) in [5.41, 5.74) is 0.679. The lowest BCUT2D eigenvalue weighted by atomic mass is 10.0. The number of benzene rings is 1. The van der Waals surface area contributed by atoms with Crippen LogP contribution < -0.4 is 5.32 Å². The largest absolute Gasteiger partial charge is 0.311 e. The maximum Gasteiger partial charge on any atom is 0.129 e. The highest BCUT2D eigenvalue weighted by Gasteiger charge is 2.31. The highest BCUT2D eigenvalue weighted by atomic mass is 35.5. The number of likely N-dealkylation sites (tertiary alicyclic amines) is 1. The molecule has 2 fully saturated rings. The lowest BCUT2D eigenvalue weighted by molar-refractivity contribution is 0.110. The maximum atomic E-state index is 14.6. The summed E-state index contributed by atoms with van der Waals surface area (Å²) < 4.78 is 14.6. The fraction of sp³-hybridized carbons (Fsp3) is 0.667. The van der Waals surface area contributed by atoms with Gasteiger partial charge in [-0.1, -0.05) is 24.6 Å². The summed E-state index contributed by atoms with van der Waals surface area (Å²) in [5.74, 6) is -0.173. The Morgan fingerprint density at radius 1 is 1.30 bits per heavy atom. The van der Waals surface area contributed by atoms with E-state index in [0.29, 0.717) is 16.6 Å². The van der Waals surface area contributed by atoms with Gasteiger partial charge in [-0.05, 0) is 44.5 Å². The van der Waals surface area contributed by atoms with Gasteiger partial charge in [-0.25, -0.2) is 4.39 Å². The number of nitrogens with one attached hydrogen (secondary N) is 1. The van der Waals surface area contributed by atoms with Gasteiger partial charge in [0.25, 0.3) is 0 Å². The van der Waals surface area contributed by atoms with Crippen molar-refractivity contribution in [2.24, 2.45) is 0 Å². The molecule has 2 aliphatic heterocycles. The molecule has 0 bridgehead atoms.